The number of hydrogen-bond acceptors (Lipinski definition) is 5. The Bertz CT molecular complexity index is 1410. The lowest BCUT2D eigenvalue weighted by atomic mass is 10.1. The van der Waals surface area contributed by atoms with Crippen molar-refractivity contribution in [2.45, 2.75) is 19.0 Å². The normalized spacial score (nSPS) is 11.3. The Balaban J connectivity index is 1.35. The van der Waals surface area contributed by atoms with Crippen molar-refractivity contribution in [3.8, 4) is 11.3 Å². The van der Waals surface area contributed by atoms with Crippen LogP contribution in [0.25, 0.3) is 22.4 Å². The molecule has 0 saturated heterocycles. The van der Waals surface area contributed by atoms with Crippen LogP contribution in [-0.2, 0) is 4.79 Å². The molecule has 7 nitrogen and oxygen atoms in total. The fraction of sp³-hybridized carbons (Fsp3) is 0.130. The number of nitrogens with zero attached hydrogens (tertiary/aromatic N) is 5. The van der Waals surface area contributed by atoms with Gasteiger partial charge in [-0.05, 0) is 43.2 Å². The third-order valence-electron chi connectivity index (χ3n) is 5.18. The fourth-order valence-corrected chi connectivity index (χ4v) is 4.10. The molecule has 5 rings (SSSR count). The van der Waals surface area contributed by atoms with E-state index in [1.807, 2.05) is 85.2 Å². The highest BCUT2D eigenvalue weighted by Crippen LogP contribution is 2.24. The van der Waals surface area contributed by atoms with Crippen molar-refractivity contribution in [3.05, 3.63) is 78.1 Å². The summed E-state index contributed by atoms with van der Waals surface area (Å²) >= 11 is 1.35. The number of fused-ring (bicyclic) bond motifs is 3. The minimum Gasteiger partial charge on any atom is -0.325 e. The summed E-state index contributed by atoms with van der Waals surface area (Å²) < 4.78 is 3.69. The second kappa shape index (κ2) is 7.88. The van der Waals surface area contributed by atoms with Gasteiger partial charge < -0.3 is 5.32 Å². The van der Waals surface area contributed by atoms with E-state index in [9.17, 15) is 4.79 Å². The Morgan fingerprint density at radius 1 is 1.00 bits per heavy atom. The van der Waals surface area contributed by atoms with Gasteiger partial charge >= 0.3 is 0 Å². The van der Waals surface area contributed by atoms with Crippen molar-refractivity contribution >= 4 is 34.5 Å². The summed E-state index contributed by atoms with van der Waals surface area (Å²) in [5, 5.41) is 16.9. The summed E-state index contributed by atoms with van der Waals surface area (Å²) in [6.07, 6.45) is 3.74. The molecule has 0 aliphatic rings. The topological polar surface area (TPSA) is 76.6 Å². The lowest BCUT2D eigenvalue weighted by Crippen LogP contribution is -2.14. The second-order valence-electron chi connectivity index (χ2n) is 7.34. The monoisotopic (exact) mass is 428 g/mol. The first-order chi connectivity index (χ1) is 15.1. The maximum Gasteiger partial charge on any atom is 0.234 e. The molecule has 0 aliphatic carbocycles. The van der Waals surface area contributed by atoms with E-state index in [0.717, 1.165) is 28.0 Å². The molecule has 0 fully saturated rings. The van der Waals surface area contributed by atoms with Gasteiger partial charge in [-0.15, -0.1) is 10.2 Å². The Kier molecular flexibility index (Phi) is 4.91. The van der Waals surface area contributed by atoms with Gasteiger partial charge in [-0.1, -0.05) is 48.2 Å². The third-order valence-corrected chi connectivity index (χ3v) is 6.12. The Morgan fingerprint density at radius 2 is 1.84 bits per heavy atom. The van der Waals surface area contributed by atoms with E-state index in [2.05, 4.69) is 20.6 Å². The number of rotatable bonds is 5. The van der Waals surface area contributed by atoms with Gasteiger partial charge in [0.25, 0.3) is 0 Å². The zero-order chi connectivity index (χ0) is 21.4. The molecule has 8 heteroatoms. The largest absolute Gasteiger partial charge is 0.325 e. The van der Waals surface area contributed by atoms with Crippen LogP contribution < -0.4 is 5.32 Å². The van der Waals surface area contributed by atoms with Crippen LogP contribution >= 0.6 is 11.8 Å². The minimum atomic E-state index is -0.0817. The number of aryl methyl sites for hydroxylation is 2. The summed E-state index contributed by atoms with van der Waals surface area (Å²) in [5.41, 5.74) is 6.63. The molecular formula is C23H20N6OS. The second-order valence-corrected chi connectivity index (χ2v) is 8.28. The number of nitrogens with one attached hydrogen (secondary N) is 1. The molecule has 3 aromatic heterocycles. The van der Waals surface area contributed by atoms with E-state index >= 15 is 0 Å². The molecule has 0 aliphatic heterocycles. The van der Waals surface area contributed by atoms with Gasteiger partial charge in [0.05, 0.1) is 11.4 Å². The molecule has 5 aromatic rings. The fourth-order valence-electron chi connectivity index (χ4n) is 3.39. The Morgan fingerprint density at radius 3 is 2.65 bits per heavy atom. The average molecular weight is 429 g/mol. The van der Waals surface area contributed by atoms with Crippen LogP contribution in [-0.4, -0.2) is 35.9 Å². The molecular weight excluding hydrogens is 408 g/mol. The number of benzene rings is 2. The number of carbonyl (C=O) groups excluding carboxylic acids is 1. The van der Waals surface area contributed by atoms with Crippen LogP contribution in [0.1, 0.15) is 11.1 Å². The SMILES string of the molecule is Cc1ccc(NC(=O)CSc2nnc3c4cc(-c5ccccc5)nn4ccn23)cc1C. The number of amides is 1. The summed E-state index contributed by atoms with van der Waals surface area (Å²) in [4.78, 5) is 12.4. The Hall–Kier alpha value is -3.65. The quantitative estimate of drug-likeness (QED) is 0.420. The minimum absolute atomic E-state index is 0.0817. The first-order valence-electron chi connectivity index (χ1n) is 9.87. The van der Waals surface area contributed by atoms with Crippen molar-refractivity contribution < 1.29 is 4.79 Å². The van der Waals surface area contributed by atoms with Gasteiger partial charge in [0.2, 0.25) is 5.91 Å². The molecule has 154 valence electrons. The first-order valence-corrected chi connectivity index (χ1v) is 10.9. The zero-order valence-corrected chi connectivity index (χ0v) is 17.9. The number of thioether (sulfide) groups is 1. The molecule has 3 heterocycles. The van der Waals surface area contributed by atoms with E-state index in [0.29, 0.717) is 10.8 Å². The van der Waals surface area contributed by atoms with Gasteiger partial charge in [0.15, 0.2) is 10.8 Å². The van der Waals surface area contributed by atoms with E-state index < -0.39 is 0 Å². The zero-order valence-electron chi connectivity index (χ0n) is 17.1. The summed E-state index contributed by atoms with van der Waals surface area (Å²) in [7, 11) is 0. The molecule has 2 aromatic carbocycles. The highest BCUT2D eigenvalue weighted by Gasteiger charge is 2.14. The predicted octanol–water partition coefficient (Wildman–Crippen LogP) is 4.39. The molecule has 0 saturated carbocycles. The number of carbonyl (C=O) groups is 1. The lowest BCUT2D eigenvalue weighted by Gasteiger charge is -2.07. The lowest BCUT2D eigenvalue weighted by molar-refractivity contribution is -0.113. The van der Waals surface area contributed by atoms with Crippen LogP contribution in [0.15, 0.2) is 72.1 Å². The molecule has 0 spiro atoms. The van der Waals surface area contributed by atoms with Crippen LogP contribution in [0.5, 0.6) is 0 Å². The number of aromatic nitrogens is 5. The highest BCUT2D eigenvalue weighted by atomic mass is 32.2. The summed E-state index contributed by atoms with van der Waals surface area (Å²) in [5.74, 6) is 0.162. The van der Waals surface area contributed by atoms with Gasteiger partial charge in [-0.2, -0.15) is 5.10 Å². The van der Waals surface area contributed by atoms with Crippen molar-refractivity contribution in [3.63, 3.8) is 0 Å². The standard InChI is InChI=1S/C23H20N6OS/c1-15-8-9-18(12-16(15)2)24-21(30)14-31-23-26-25-22-20-13-19(17-6-4-3-5-7-17)27-29(20)11-10-28(22)23/h3-13H,14H2,1-2H3,(H,24,30). The maximum atomic E-state index is 12.4. The van der Waals surface area contributed by atoms with E-state index in [1.54, 1.807) is 4.52 Å². The van der Waals surface area contributed by atoms with Gasteiger partial charge in [0, 0.05) is 23.6 Å². The molecule has 0 atom stereocenters. The molecule has 1 N–H and O–H groups in total. The Labute approximate surface area is 183 Å². The third kappa shape index (κ3) is 3.77. The average Bonchev–Trinajstić information content (AvgIpc) is 3.39. The van der Waals surface area contributed by atoms with Gasteiger partial charge in [-0.25, -0.2) is 4.52 Å². The first kappa shape index (κ1) is 19.3. The van der Waals surface area contributed by atoms with Crippen molar-refractivity contribution in [2.24, 2.45) is 0 Å². The van der Waals surface area contributed by atoms with Crippen LogP contribution in [0.3, 0.4) is 0 Å². The van der Waals surface area contributed by atoms with Crippen molar-refractivity contribution in [1.82, 2.24) is 24.2 Å². The maximum absolute atomic E-state index is 12.4. The molecule has 0 bridgehead atoms. The summed E-state index contributed by atoms with van der Waals surface area (Å²) in [6, 6.07) is 17.9. The number of anilines is 1. The predicted molar refractivity (Wildman–Crippen MR) is 122 cm³/mol. The van der Waals surface area contributed by atoms with E-state index in [-0.39, 0.29) is 11.7 Å². The molecule has 0 unspecified atom stereocenters. The van der Waals surface area contributed by atoms with Crippen molar-refractivity contribution in [2.75, 3.05) is 11.1 Å². The number of hydrogen-bond donors (Lipinski definition) is 1. The molecule has 1 amide bonds. The van der Waals surface area contributed by atoms with Crippen LogP contribution in [0, 0.1) is 13.8 Å². The smallest absolute Gasteiger partial charge is 0.234 e. The van der Waals surface area contributed by atoms with Gasteiger partial charge in [-0.3, -0.25) is 9.20 Å². The van der Waals surface area contributed by atoms with E-state index in [4.69, 9.17) is 0 Å². The van der Waals surface area contributed by atoms with Gasteiger partial charge in [0.1, 0.15) is 5.52 Å². The highest BCUT2D eigenvalue weighted by molar-refractivity contribution is 7.99. The molecule has 31 heavy (non-hydrogen) atoms. The van der Waals surface area contributed by atoms with Crippen LogP contribution in [0.4, 0.5) is 5.69 Å². The summed E-state index contributed by atoms with van der Waals surface area (Å²) in [6.45, 7) is 4.08. The van der Waals surface area contributed by atoms with E-state index in [1.165, 1.54) is 17.3 Å². The van der Waals surface area contributed by atoms with Crippen LogP contribution in [0.2, 0.25) is 0 Å². The van der Waals surface area contributed by atoms with Crippen molar-refractivity contribution in [1.29, 1.82) is 0 Å². The molecule has 0 radical (unpaired) electrons.